The van der Waals surface area contributed by atoms with Gasteiger partial charge >= 0.3 is 0 Å². The smallest absolute Gasteiger partial charge is 0.255 e. The van der Waals surface area contributed by atoms with Crippen molar-refractivity contribution in [1.82, 2.24) is 15.5 Å². The summed E-state index contributed by atoms with van der Waals surface area (Å²) in [4.78, 5) is 27.3. The van der Waals surface area contributed by atoms with E-state index in [0.29, 0.717) is 24.5 Å². The maximum Gasteiger partial charge on any atom is 0.255 e. The molecule has 1 atom stereocenters. The first-order valence-electron chi connectivity index (χ1n) is 11.1. The fraction of sp³-hybridized carbons (Fsp3) is 0.440. The number of hydrogen-bond donors (Lipinski definition) is 2. The Labute approximate surface area is 185 Å². The average Bonchev–Trinajstić information content (AvgIpc) is 2.77. The third-order valence-corrected chi connectivity index (χ3v) is 5.57. The monoisotopic (exact) mass is 423 g/mol. The molecule has 0 spiro atoms. The number of rotatable bonds is 9. The molecule has 1 fully saturated rings. The van der Waals surface area contributed by atoms with Crippen LogP contribution in [0.15, 0.2) is 48.5 Å². The van der Waals surface area contributed by atoms with Gasteiger partial charge in [0.25, 0.3) is 5.91 Å². The number of benzene rings is 2. The lowest BCUT2D eigenvalue weighted by atomic mass is 9.99. The van der Waals surface area contributed by atoms with Crippen molar-refractivity contribution < 1.29 is 14.3 Å². The van der Waals surface area contributed by atoms with Gasteiger partial charge in [-0.25, -0.2) is 0 Å². The molecule has 0 radical (unpaired) electrons. The zero-order valence-corrected chi connectivity index (χ0v) is 18.5. The summed E-state index contributed by atoms with van der Waals surface area (Å²) < 4.78 is 5.49. The highest BCUT2D eigenvalue weighted by molar-refractivity contribution is 5.98. The summed E-state index contributed by atoms with van der Waals surface area (Å²) in [6, 6.07) is 15.3. The van der Waals surface area contributed by atoms with Gasteiger partial charge in [0.15, 0.2) is 0 Å². The maximum absolute atomic E-state index is 12.4. The first-order valence-corrected chi connectivity index (χ1v) is 11.1. The molecule has 0 aliphatic carbocycles. The summed E-state index contributed by atoms with van der Waals surface area (Å²) in [5.41, 5.74) is 2.78. The Bertz CT molecular complexity index is 884. The minimum atomic E-state index is -0.321. The van der Waals surface area contributed by atoms with E-state index in [2.05, 4.69) is 34.6 Å². The van der Waals surface area contributed by atoms with Crippen LogP contribution in [0.5, 0.6) is 5.75 Å². The topological polar surface area (TPSA) is 70.7 Å². The molecule has 6 nitrogen and oxygen atoms in total. The van der Waals surface area contributed by atoms with E-state index in [4.69, 9.17) is 4.74 Å². The van der Waals surface area contributed by atoms with E-state index in [1.165, 1.54) is 18.4 Å². The molecule has 166 valence electrons. The van der Waals surface area contributed by atoms with Crippen LogP contribution in [-0.2, 0) is 17.9 Å². The number of carbonyl (C=O) groups is 2. The van der Waals surface area contributed by atoms with E-state index >= 15 is 0 Å². The normalized spacial score (nSPS) is 16.5. The highest BCUT2D eigenvalue weighted by Gasteiger charge is 2.17. The van der Waals surface area contributed by atoms with Crippen LogP contribution >= 0.6 is 0 Å². The largest absolute Gasteiger partial charge is 0.493 e. The summed E-state index contributed by atoms with van der Waals surface area (Å²) in [7, 11) is 0. The molecular formula is C25H33N3O3. The standard InChI is InChI=1S/C25H33N3O3/c1-3-31-23-13-7-6-12-22(23)25(30)27-16-24(29)26-15-20-10-4-5-11-21(20)18-28-14-8-9-19(2)17-28/h4-7,10-13,19H,3,8-9,14-18H2,1-2H3,(H,26,29)(H,27,30). The molecule has 0 aromatic heterocycles. The van der Waals surface area contributed by atoms with Crippen molar-refractivity contribution in [2.75, 3.05) is 26.2 Å². The molecule has 1 heterocycles. The fourth-order valence-corrected chi connectivity index (χ4v) is 4.00. The van der Waals surface area contributed by atoms with Gasteiger partial charge in [-0.15, -0.1) is 0 Å². The van der Waals surface area contributed by atoms with Crippen LogP contribution < -0.4 is 15.4 Å². The quantitative estimate of drug-likeness (QED) is 0.649. The summed E-state index contributed by atoms with van der Waals surface area (Å²) in [5.74, 6) is 0.711. The number of nitrogens with one attached hydrogen (secondary N) is 2. The van der Waals surface area contributed by atoms with Crippen LogP contribution in [-0.4, -0.2) is 43.0 Å². The van der Waals surface area contributed by atoms with Crippen LogP contribution in [0.4, 0.5) is 0 Å². The van der Waals surface area contributed by atoms with E-state index in [9.17, 15) is 9.59 Å². The third-order valence-electron chi connectivity index (χ3n) is 5.57. The van der Waals surface area contributed by atoms with Gasteiger partial charge in [0.05, 0.1) is 18.7 Å². The van der Waals surface area contributed by atoms with Crippen LogP contribution in [0.3, 0.4) is 0 Å². The highest BCUT2D eigenvalue weighted by Crippen LogP contribution is 2.20. The number of amides is 2. The van der Waals surface area contributed by atoms with E-state index in [-0.39, 0.29) is 18.4 Å². The Hall–Kier alpha value is -2.86. The Morgan fingerprint density at radius 2 is 1.81 bits per heavy atom. The Morgan fingerprint density at radius 1 is 1.06 bits per heavy atom. The minimum Gasteiger partial charge on any atom is -0.493 e. The van der Waals surface area contributed by atoms with Crippen molar-refractivity contribution in [2.24, 2.45) is 5.92 Å². The second kappa shape index (κ2) is 11.5. The van der Waals surface area contributed by atoms with Crippen LogP contribution in [0.25, 0.3) is 0 Å². The van der Waals surface area contributed by atoms with Crippen LogP contribution in [0, 0.1) is 5.92 Å². The molecular weight excluding hydrogens is 390 g/mol. The van der Waals surface area contributed by atoms with Crippen LogP contribution in [0.1, 0.15) is 48.2 Å². The predicted octanol–water partition coefficient (Wildman–Crippen LogP) is 3.36. The number of nitrogens with zero attached hydrogens (tertiary/aromatic N) is 1. The molecule has 1 unspecified atom stereocenters. The molecule has 0 saturated carbocycles. The SMILES string of the molecule is CCOc1ccccc1C(=O)NCC(=O)NCc1ccccc1CN1CCCC(C)C1. The zero-order chi connectivity index (χ0) is 22.1. The molecule has 6 heteroatoms. The molecule has 2 N–H and O–H groups in total. The second-order valence-corrected chi connectivity index (χ2v) is 8.14. The van der Waals surface area contributed by atoms with Gasteiger partial charge in [-0.2, -0.15) is 0 Å². The van der Waals surface area contributed by atoms with Crippen molar-refractivity contribution in [2.45, 2.75) is 39.8 Å². The third kappa shape index (κ3) is 6.82. The minimum absolute atomic E-state index is 0.0783. The van der Waals surface area contributed by atoms with E-state index in [1.807, 2.05) is 25.1 Å². The van der Waals surface area contributed by atoms with E-state index in [0.717, 1.165) is 31.1 Å². The van der Waals surface area contributed by atoms with Crippen molar-refractivity contribution in [3.05, 3.63) is 65.2 Å². The van der Waals surface area contributed by atoms with Crippen molar-refractivity contribution in [3.8, 4) is 5.75 Å². The molecule has 0 bridgehead atoms. The maximum atomic E-state index is 12.4. The molecule has 1 aliphatic rings. The number of carbonyl (C=O) groups excluding carboxylic acids is 2. The van der Waals surface area contributed by atoms with Gasteiger partial charge < -0.3 is 15.4 Å². The Balaban J connectivity index is 1.50. The first kappa shape index (κ1) is 22.8. The predicted molar refractivity (Wildman–Crippen MR) is 122 cm³/mol. The lowest BCUT2D eigenvalue weighted by molar-refractivity contribution is -0.120. The van der Waals surface area contributed by atoms with Gasteiger partial charge in [-0.1, -0.05) is 43.3 Å². The number of hydrogen-bond acceptors (Lipinski definition) is 4. The lowest BCUT2D eigenvalue weighted by Crippen LogP contribution is -2.37. The summed E-state index contributed by atoms with van der Waals surface area (Å²) in [6.45, 7) is 8.16. The average molecular weight is 424 g/mol. The molecule has 2 aromatic carbocycles. The molecule has 2 aromatic rings. The number of likely N-dealkylation sites (tertiary alicyclic amines) is 1. The molecule has 3 rings (SSSR count). The van der Waals surface area contributed by atoms with E-state index < -0.39 is 0 Å². The highest BCUT2D eigenvalue weighted by atomic mass is 16.5. The lowest BCUT2D eigenvalue weighted by Gasteiger charge is -2.31. The van der Waals surface area contributed by atoms with Gasteiger partial charge in [-0.05, 0) is 55.5 Å². The molecule has 1 saturated heterocycles. The number of ether oxygens (including phenoxy) is 1. The van der Waals surface area contributed by atoms with Gasteiger partial charge in [-0.3, -0.25) is 14.5 Å². The van der Waals surface area contributed by atoms with Crippen molar-refractivity contribution in [1.29, 1.82) is 0 Å². The summed E-state index contributed by atoms with van der Waals surface area (Å²) in [5, 5.41) is 5.61. The molecule has 1 aliphatic heterocycles. The van der Waals surface area contributed by atoms with Gasteiger partial charge in [0.1, 0.15) is 5.75 Å². The Morgan fingerprint density at radius 3 is 2.58 bits per heavy atom. The van der Waals surface area contributed by atoms with Gasteiger partial charge in [0, 0.05) is 19.6 Å². The van der Waals surface area contributed by atoms with Crippen molar-refractivity contribution in [3.63, 3.8) is 0 Å². The van der Waals surface area contributed by atoms with Gasteiger partial charge in [0.2, 0.25) is 5.91 Å². The molecule has 2 amide bonds. The molecule has 31 heavy (non-hydrogen) atoms. The fourth-order valence-electron chi connectivity index (χ4n) is 4.00. The number of piperidine rings is 1. The zero-order valence-electron chi connectivity index (χ0n) is 18.5. The van der Waals surface area contributed by atoms with Crippen LogP contribution in [0.2, 0.25) is 0 Å². The number of para-hydroxylation sites is 1. The summed E-state index contributed by atoms with van der Waals surface area (Å²) in [6.07, 6.45) is 2.54. The second-order valence-electron chi connectivity index (χ2n) is 8.14. The first-order chi connectivity index (χ1) is 15.1. The van der Waals surface area contributed by atoms with E-state index in [1.54, 1.807) is 18.2 Å². The summed E-state index contributed by atoms with van der Waals surface area (Å²) >= 11 is 0. The van der Waals surface area contributed by atoms with Crippen molar-refractivity contribution >= 4 is 11.8 Å². The Kier molecular flexibility index (Phi) is 8.47.